The van der Waals surface area contributed by atoms with Crippen LogP contribution < -0.4 is 0 Å². The highest BCUT2D eigenvalue weighted by atomic mass is 19.1. The van der Waals surface area contributed by atoms with E-state index in [1.165, 1.54) is 38.5 Å². The second-order valence-corrected chi connectivity index (χ2v) is 9.42. The maximum Gasteiger partial charge on any atom is 0.309 e. The van der Waals surface area contributed by atoms with Gasteiger partial charge in [0.1, 0.15) is 24.5 Å². The fourth-order valence-corrected chi connectivity index (χ4v) is 5.87. The van der Waals surface area contributed by atoms with Crippen LogP contribution in [0.4, 0.5) is 8.78 Å². The zero-order valence-electron chi connectivity index (χ0n) is 17.3. The van der Waals surface area contributed by atoms with Crippen molar-refractivity contribution in [2.75, 3.05) is 0 Å². The predicted octanol–water partition coefficient (Wildman–Crippen LogP) is 5.85. The molecule has 0 aliphatic heterocycles. The van der Waals surface area contributed by atoms with Crippen molar-refractivity contribution in [2.45, 2.75) is 108 Å². The minimum atomic E-state index is -1.42. The number of halogens is 2. The van der Waals surface area contributed by atoms with Gasteiger partial charge in [0.05, 0.1) is 5.92 Å². The summed E-state index contributed by atoms with van der Waals surface area (Å²) in [6, 6.07) is -1.02. The maximum absolute atomic E-state index is 14.0. The summed E-state index contributed by atoms with van der Waals surface area (Å²) in [5, 5.41) is 0. The SMILES string of the molecule is C=NC1C(F)CC(OC(=O)C2CCC(C3CCC(CCC)CC3)CC2)CC1F. The number of alkyl halides is 2. The molecule has 3 aliphatic carbocycles. The van der Waals surface area contributed by atoms with Crippen LogP contribution >= 0.6 is 0 Å². The molecule has 3 rings (SSSR count). The molecule has 0 aromatic carbocycles. The Morgan fingerprint density at radius 3 is 2.00 bits per heavy atom. The van der Waals surface area contributed by atoms with Crippen LogP contribution in [0.5, 0.6) is 0 Å². The average molecular weight is 398 g/mol. The molecule has 0 aromatic rings. The fraction of sp³-hybridized carbons (Fsp3) is 0.913. The van der Waals surface area contributed by atoms with Gasteiger partial charge < -0.3 is 4.74 Å². The zero-order chi connectivity index (χ0) is 20.1. The quantitative estimate of drug-likeness (QED) is 0.416. The number of hydrogen-bond donors (Lipinski definition) is 0. The lowest BCUT2D eigenvalue weighted by molar-refractivity contribution is -0.159. The molecule has 0 heterocycles. The molecule has 0 spiro atoms. The highest BCUT2D eigenvalue weighted by Gasteiger charge is 2.41. The summed E-state index contributed by atoms with van der Waals surface area (Å²) in [6.45, 7) is 5.54. The van der Waals surface area contributed by atoms with Crippen molar-refractivity contribution < 1.29 is 18.3 Å². The van der Waals surface area contributed by atoms with Crippen molar-refractivity contribution >= 4 is 12.7 Å². The first kappa shape index (κ1) is 21.7. The fourth-order valence-electron chi connectivity index (χ4n) is 5.87. The van der Waals surface area contributed by atoms with Gasteiger partial charge in [-0.05, 0) is 63.0 Å². The van der Waals surface area contributed by atoms with Gasteiger partial charge in [0.25, 0.3) is 0 Å². The minimum Gasteiger partial charge on any atom is -0.462 e. The van der Waals surface area contributed by atoms with Crippen LogP contribution in [0.2, 0.25) is 0 Å². The largest absolute Gasteiger partial charge is 0.462 e. The number of rotatable bonds is 6. The molecule has 28 heavy (non-hydrogen) atoms. The second-order valence-electron chi connectivity index (χ2n) is 9.42. The van der Waals surface area contributed by atoms with Crippen LogP contribution in [-0.2, 0) is 9.53 Å². The molecule has 0 N–H and O–H groups in total. The molecule has 0 amide bonds. The van der Waals surface area contributed by atoms with Crippen LogP contribution in [0.15, 0.2) is 4.99 Å². The Kier molecular flexibility index (Phi) is 7.87. The van der Waals surface area contributed by atoms with Crippen LogP contribution in [-0.4, -0.2) is 37.2 Å². The van der Waals surface area contributed by atoms with E-state index in [2.05, 4.69) is 18.6 Å². The Labute approximate surface area is 168 Å². The Balaban J connectivity index is 1.40. The molecule has 160 valence electrons. The first-order chi connectivity index (χ1) is 13.5. The minimum absolute atomic E-state index is 0.0339. The molecule has 3 nitrogen and oxygen atoms in total. The lowest BCUT2D eigenvalue weighted by Gasteiger charge is -2.38. The summed E-state index contributed by atoms with van der Waals surface area (Å²) >= 11 is 0. The number of aliphatic imine (C=N–C) groups is 1. The van der Waals surface area contributed by atoms with Crippen molar-refractivity contribution in [3.63, 3.8) is 0 Å². The van der Waals surface area contributed by atoms with E-state index in [1.807, 2.05) is 0 Å². The van der Waals surface area contributed by atoms with E-state index in [9.17, 15) is 13.6 Å². The van der Waals surface area contributed by atoms with Gasteiger partial charge in [-0.1, -0.05) is 32.6 Å². The van der Waals surface area contributed by atoms with Crippen LogP contribution in [0.1, 0.15) is 84.0 Å². The van der Waals surface area contributed by atoms with E-state index in [0.717, 1.165) is 43.4 Å². The number of carbonyl (C=O) groups is 1. The standard InChI is InChI=1S/C23H37F2NO2/c1-3-4-15-5-7-16(8-6-15)17-9-11-18(12-10-17)23(27)28-19-13-20(24)22(26-2)21(25)14-19/h15-22H,2-14H2,1H3. The summed E-state index contributed by atoms with van der Waals surface area (Å²) in [6.07, 6.45) is 8.57. The van der Waals surface area contributed by atoms with Crippen molar-refractivity contribution in [1.29, 1.82) is 0 Å². The summed E-state index contributed by atoms with van der Waals surface area (Å²) in [7, 11) is 0. The summed E-state index contributed by atoms with van der Waals surface area (Å²) < 4.78 is 33.5. The van der Waals surface area contributed by atoms with Crippen LogP contribution in [0.3, 0.4) is 0 Å². The number of carbonyl (C=O) groups excluding carboxylic acids is 1. The van der Waals surface area contributed by atoms with E-state index in [-0.39, 0.29) is 24.7 Å². The van der Waals surface area contributed by atoms with Gasteiger partial charge >= 0.3 is 5.97 Å². The predicted molar refractivity (Wildman–Crippen MR) is 108 cm³/mol. The molecule has 0 saturated heterocycles. The molecule has 3 aliphatic rings. The van der Waals surface area contributed by atoms with Gasteiger partial charge in [-0.3, -0.25) is 9.79 Å². The Bertz CT molecular complexity index is 501. The normalized spacial score (nSPS) is 42.0. The van der Waals surface area contributed by atoms with Gasteiger partial charge in [-0.25, -0.2) is 8.78 Å². The average Bonchev–Trinajstić information content (AvgIpc) is 2.69. The molecule has 0 bridgehead atoms. The van der Waals surface area contributed by atoms with E-state index in [0.29, 0.717) is 0 Å². The molecule has 2 atom stereocenters. The molecule has 5 heteroatoms. The van der Waals surface area contributed by atoms with E-state index in [1.54, 1.807) is 0 Å². The van der Waals surface area contributed by atoms with Crippen molar-refractivity contribution in [2.24, 2.45) is 28.7 Å². The number of ether oxygens (including phenoxy) is 1. The Morgan fingerprint density at radius 1 is 0.964 bits per heavy atom. The smallest absolute Gasteiger partial charge is 0.309 e. The zero-order valence-corrected chi connectivity index (χ0v) is 17.3. The van der Waals surface area contributed by atoms with E-state index >= 15 is 0 Å². The number of esters is 1. The summed E-state index contributed by atoms with van der Waals surface area (Å²) in [5.41, 5.74) is 0. The lowest BCUT2D eigenvalue weighted by atomic mass is 9.69. The van der Waals surface area contributed by atoms with E-state index < -0.39 is 24.5 Å². The number of hydrogen-bond acceptors (Lipinski definition) is 3. The third kappa shape index (κ3) is 5.33. The molecule has 3 fully saturated rings. The van der Waals surface area contributed by atoms with Gasteiger partial charge in [0.2, 0.25) is 0 Å². The second kappa shape index (κ2) is 10.2. The molecule has 3 saturated carbocycles. The van der Waals surface area contributed by atoms with Crippen LogP contribution in [0, 0.1) is 23.7 Å². The van der Waals surface area contributed by atoms with Crippen molar-refractivity contribution in [3.05, 3.63) is 0 Å². The molecule has 0 radical (unpaired) electrons. The van der Waals surface area contributed by atoms with Crippen molar-refractivity contribution in [3.8, 4) is 0 Å². The molecular weight excluding hydrogens is 360 g/mol. The highest BCUT2D eigenvalue weighted by Crippen LogP contribution is 2.42. The van der Waals surface area contributed by atoms with E-state index in [4.69, 9.17) is 4.74 Å². The molecule has 0 aromatic heterocycles. The van der Waals surface area contributed by atoms with Crippen molar-refractivity contribution in [1.82, 2.24) is 0 Å². The monoisotopic (exact) mass is 397 g/mol. The van der Waals surface area contributed by atoms with Crippen LogP contribution in [0.25, 0.3) is 0 Å². The third-order valence-corrected chi connectivity index (χ3v) is 7.57. The first-order valence-corrected chi connectivity index (χ1v) is 11.5. The summed E-state index contributed by atoms with van der Waals surface area (Å²) in [5.74, 6) is 2.15. The van der Waals surface area contributed by atoms with Gasteiger partial charge in [0.15, 0.2) is 0 Å². The summed E-state index contributed by atoms with van der Waals surface area (Å²) in [4.78, 5) is 16.1. The Hall–Kier alpha value is -1.00. The van der Waals surface area contributed by atoms with Gasteiger partial charge in [0, 0.05) is 12.8 Å². The van der Waals surface area contributed by atoms with Gasteiger partial charge in [-0.2, -0.15) is 0 Å². The number of nitrogens with zero attached hydrogens (tertiary/aromatic N) is 1. The third-order valence-electron chi connectivity index (χ3n) is 7.57. The lowest BCUT2D eigenvalue weighted by Crippen LogP contribution is -2.43. The molecule has 2 unspecified atom stereocenters. The topological polar surface area (TPSA) is 38.7 Å². The van der Waals surface area contributed by atoms with Gasteiger partial charge in [-0.15, -0.1) is 0 Å². The first-order valence-electron chi connectivity index (χ1n) is 11.5. The Morgan fingerprint density at radius 2 is 1.50 bits per heavy atom. The maximum atomic E-state index is 14.0. The molecular formula is C23H37F2NO2. The highest BCUT2D eigenvalue weighted by molar-refractivity contribution is 5.72.